The summed E-state index contributed by atoms with van der Waals surface area (Å²) in [6.45, 7) is 6.00. The molecule has 0 saturated carbocycles. The van der Waals surface area contributed by atoms with Crippen LogP contribution in [0, 0.1) is 0 Å². The molecule has 1 atom stereocenters. The predicted molar refractivity (Wildman–Crippen MR) is 79.9 cm³/mol. The van der Waals surface area contributed by atoms with Gasteiger partial charge in [0.2, 0.25) is 5.91 Å². The fourth-order valence-electron chi connectivity index (χ4n) is 1.80. The molecule has 1 amide bonds. The zero-order valence-corrected chi connectivity index (χ0v) is 13.0. The highest BCUT2D eigenvalue weighted by Crippen LogP contribution is 2.17. The van der Waals surface area contributed by atoms with Gasteiger partial charge < -0.3 is 10.4 Å². The van der Waals surface area contributed by atoms with Gasteiger partial charge >= 0.3 is 0 Å². The first kappa shape index (κ1) is 16.1. The second-order valence-corrected chi connectivity index (χ2v) is 5.26. The van der Waals surface area contributed by atoms with E-state index in [9.17, 15) is 9.90 Å². The Labute approximate surface area is 122 Å². The normalized spacial score (nSPS) is 12.5. The van der Waals surface area contributed by atoms with E-state index in [0.29, 0.717) is 19.6 Å². The zero-order valence-electron chi connectivity index (χ0n) is 11.4. The van der Waals surface area contributed by atoms with Crippen molar-refractivity contribution in [2.24, 2.45) is 0 Å². The van der Waals surface area contributed by atoms with Crippen molar-refractivity contribution in [3.63, 3.8) is 0 Å². The molecule has 5 heteroatoms. The molecular weight excluding hydrogens is 308 g/mol. The van der Waals surface area contributed by atoms with Crippen LogP contribution >= 0.6 is 15.9 Å². The van der Waals surface area contributed by atoms with Crippen molar-refractivity contribution in [3.05, 3.63) is 34.3 Å². The maximum Gasteiger partial charge on any atom is 0.234 e. The first-order valence-corrected chi connectivity index (χ1v) is 7.28. The summed E-state index contributed by atoms with van der Waals surface area (Å²) in [5, 5.41) is 12.9. The number of carbonyl (C=O) groups excluding carboxylic acids is 1. The van der Waals surface area contributed by atoms with Crippen molar-refractivity contribution < 1.29 is 9.90 Å². The molecule has 0 bridgehead atoms. The van der Waals surface area contributed by atoms with E-state index in [1.54, 1.807) is 0 Å². The van der Waals surface area contributed by atoms with Gasteiger partial charge in [0.15, 0.2) is 0 Å². The van der Waals surface area contributed by atoms with E-state index >= 15 is 0 Å². The van der Waals surface area contributed by atoms with Gasteiger partial charge in [0.05, 0.1) is 12.6 Å². The van der Waals surface area contributed by atoms with Gasteiger partial charge in [-0.2, -0.15) is 0 Å². The first-order chi connectivity index (χ1) is 9.06. The van der Waals surface area contributed by atoms with Crippen molar-refractivity contribution in [1.82, 2.24) is 10.2 Å². The van der Waals surface area contributed by atoms with Gasteiger partial charge in [-0.05, 0) is 31.2 Å². The summed E-state index contributed by atoms with van der Waals surface area (Å²) < 4.78 is 0.984. The van der Waals surface area contributed by atoms with Gasteiger partial charge in [0.1, 0.15) is 0 Å². The molecule has 0 radical (unpaired) electrons. The summed E-state index contributed by atoms with van der Waals surface area (Å²) in [6.07, 6.45) is -0.581. The van der Waals surface area contributed by atoms with Crippen molar-refractivity contribution >= 4 is 21.8 Å². The maximum atomic E-state index is 11.5. The third kappa shape index (κ3) is 5.72. The van der Waals surface area contributed by atoms with Crippen molar-refractivity contribution in [3.8, 4) is 0 Å². The predicted octanol–water partition coefficient (Wildman–Crippen LogP) is 1.94. The number of carbonyl (C=O) groups is 1. The lowest BCUT2D eigenvalue weighted by Crippen LogP contribution is -2.39. The molecule has 1 aromatic carbocycles. The summed E-state index contributed by atoms with van der Waals surface area (Å²) in [4.78, 5) is 13.5. The average Bonchev–Trinajstić information content (AvgIpc) is 2.38. The van der Waals surface area contributed by atoms with Gasteiger partial charge in [-0.3, -0.25) is 9.69 Å². The lowest BCUT2D eigenvalue weighted by molar-refractivity contribution is -0.122. The highest BCUT2D eigenvalue weighted by atomic mass is 79.9. The van der Waals surface area contributed by atoms with E-state index in [4.69, 9.17) is 0 Å². The minimum absolute atomic E-state index is 0.00708. The summed E-state index contributed by atoms with van der Waals surface area (Å²) in [5.74, 6) is -0.00708. The van der Waals surface area contributed by atoms with E-state index in [-0.39, 0.29) is 5.91 Å². The smallest absolute Gasteiger partial charge is 0.234 e. The second kappa shape index (κ2) is 8.30. The number of hydrogen-bond donors (Lipinski definition) is 2. The molecule has 2 N–H and O–H groups in total. The number of rotatable bonds is 7. The molecule has 4 nitrogen and oxygen atoms in total. The first-order valence-electron chi connectivity index (χ1n) is 6.49. The molecule has 0 aliphatic rings. The van der Waals surface area contributed by atoms with Crippen LogP contribution in [0.25, 0.3) is 0 Å². The topological polar surface area (TPSA) is 52.6 Å². The van der Waals surface area contributed by atoms with Crippen molar-refractivity contribution in [1.29, 1.82) is 0 Å². The number of nitrogens with one attached hydrogen (secondary N) is 1. The van der Waals surface area contributed by atoms with Crippen LogP contribution in [0.4, 0.5) is 0 Å². The van der Waals surface area contributed by atoms with Gasteiger partial charge in [0.25, 0.3) is 0 Å². The van der Waals surface area contributed by atoms with Crippen LogP contribution in [0.2, 0.25) is 0 Å². The fourth-order valence-corrected chi connectivity index (χ4v) is 2.06. The summed E-state index contributed by atoms with van der Waals surface area (Å²) in [5.41, 5.74) is 0.859. The monoisotopic (exact) mass is 328 g/mol. The Bertz CT molecular complexity index is 395. The number of nitrogens with zero attached hydrogens (tertiary/aromatic N) is 1. The molecule has 0 unspecified atom stereocenters. The lowest BCUT2D eigenvalue weighted by atomic mass is 10.1. The number of amides is 1. The summed E-state index contributed by atoms with van der Waals surface area (Å²) >= 11 is 3.36. The lowest BCUT2D eigenvalue weighted by Gasteiger charge is -2.23. The highest BCUT2D eigenvalue weighted by molar-refractivity contribution is 9.10. The molecule has 0 aromatic heterocycles. The Balaban J connectivity index is 2.55. The Hall–Kier alpha value is -0.910. The number of likely N-dealkylation sites (N-methyl/N-ethyl adjacent to an activating group) is 2. The molecule has 0 fully saturated rings. The van der Waals surface area contributed by atoms with Crippen LogP contribution < -0.4 is 5.32 Å². The van der Waals surface area contributed by atoms with Crippen LogP contribution in [-0.2, 0) is 4.79 Å². The van der Waals surface area contributed by atoms with E-state index < -0.39 is 6.10 Å². The highest BCUT2D eigenvalue weighted by Gasteiger charge is 2.14. The molecule has 1 aromatic rings. The minimum atomic E-state index is -0.581. The molecule has 106 valence electrons. The van der Waals surface area contributed by atoms with E-state index in [1.807, 2.05) is 43.0 Å². The Morgan fingerprint density at radius 1 is 1.37 bits per heavy atom. The molecule has 1 rings (SSSR count). The van der Waals surface area contributed by atoms with Crippen molar-refractivity contribution in [2.45, 2.75) is 20.0 Å². The SMILES string of the molecule is CCNC(=O)CN(CC)C[C@@H](O)c1ccc(Br)cc1. The molecular formula is C14H21BrN2O2. The summed E-state index contributed by atoms with van der Waals surface area (Å²) in [7, 11) is 0. The maximum absolute atomic E-state index is 11.5. The Morgan fingerprint density at radius 2 is 2.00 bits per heavy atom. The zero-order chi connectivity index (χ0) is 14.3. The van der Waals surface area contributed by atoms with Gasteiger partial charge in [-0.15, -0.1) is 0 Å². The number of hydrogen-bond acceptors (Lipinski definition) is 3. The Morgan fingerprint density at radius 3 is 2.53 bits per heavy atom. The van der Waals surface area contributed by atoms with E-state index in [0.717, 1.165) is 16.6 Å². The van der Waals surface area contributed by atoms with Gasteiger partial charge in [0, 0.05) is 17.6 Å². The standard InChI is InChI=1S/C14H21BrN2O2/c1-3-16-14(19)10-17(4-2)9-13(18)11-5-7-12(15)8-6-11/h5-8,13,18H,3-4,9-10H2,1-2H3,(H,16,19)/t13-/m1/s1. The quantitative estimate of drug-likeness (QED) is 0.804. The van der Waals surface area contributed by atoms with Crippen LogP contribution in [0.15, 0.2) is 28.7 Å². The number of aliphatic hydroxyl groups excluding tert-OH is 1. The number of halogens is 1. The minimum Gasteiger partial charge on any atom is -0.387 e. The molecule has 0 saturated heterocycles. The molecule has 0 aliphatic carbocycles. The molecule has 19 heavy (non-hydrogen) atoms. The third-order valence-electron chi connectivity index (χ3n) is 2.87. The van der Waals surface area contributed by atoms with Crippen LogP contribution in [-0.4, -0.2) is 42.1 Å². The average molecular weight is 329 g/mol. The molecule has 0 aliphatic heterocycles. The van der Waals surface area contributed by atoms with Crippen LogP contribution in [0.1, 0.15) is 25.5 Å². The molecule has 0 spiro atoms. The number of benzene rings is 1. The second-order valence-electron chi connectivity index (χ2n) is 4.35. The fraction of sp³-hybridized carbons (Fsp3) is 0.500. The Kier molecular flexibility index (Phi) is 7.05. The van der Waals surface area contributed by atoms with Crippen LogP contribution in [0.5, 0.6) is 0 Å². The third-order valence-corrected chi connectivity index (χ3v) is 3.40. The van der Waals surface area contributed by atoms with E-state index in [1.165, 1.54) is 0 Å². The van der Waals surface area contributed by atoms with Crippen molar-refractivity contribution in [2.75, 3.05) is 26.2 Å². The van der Waals surface area contributed by atoms with Crippen LogP contribution in [0.3, 0.4) is 0 Å². The van der Waals surface area contributed by atoms with Gasteiger partial charge in [-0.1, -0.05) is 35.0 Å². The molecule has 0 heterocycles. The van der Waals surface area contributed by atoms with Gasteiger partial charge in [-0.25, -0.2) is 0 Å². The van der Waals surface area contributed by atoms with E-state index in [2.05, 4.69) is 21.2 Å². The summed E-state index contributed by atoms with van der Waals surface area (Å²) in [6, 6.07) is 7.57. The number of aliphatic hydroxyl groups is 1. The largest absolute Gasteiger partial charge is 0.387 e.